The maximum atomic E-state index is 15.5. The van der Waals surface area contributed by atoms with Crippen LogP contribution in [-0.2, 0) is 16.1 Å². The molecule has 5 aliphatic rings. The van der Waals surface area contributed by atoms with Crippen LogP contribution in [0.5, 0.6) is 11.5 Å². The largest absolute Gasteiger partial charge is 0.508 e. The summed E-state index contributed by atoms with van der Waals surface area (Å²) in [6.45, 7) is 6.93. The number of anilines is 2. The smallest absolute Gasteiger partial charge is 0.255 e. The van der Waals surface area contributed by atoms with Crippen molar-refractivity contribution in [3.05, 3.63) is 119 Å². The van der Waals surface area contributed by atoms with Crippen LogP contribution >= 0.6 is 0 Å². The highest BCUT2D eigenvalue weighted by Crippen LogP contribution is 2.47. The second-order valence-corrected chi connectivity index (χ2v) is 15.7. The number of hydrogen-bond donors (Lipinski definition) is 2. The van der Waals surface area contributed by atoms with Gasteiger partial charge in [-0.15, -0.1) is 0 Å². The maximum absolute atomic E-state index is 15.5. The molecule has 55 heavy (non-hydrogen) atoms. The number of phenolic OH excluding ortho intramolecular Hbond substituents is 1. The zero-order valence-electron chi connectivity index (χ0n) is 30.8. The van der Waals surface area contributed by atoms with Gasteiger partial charge in [-0.3, -0.25) is 24.6 Å². The van der Waals surface area contributed by atoms with Gasteiger partial charge in [0.05, 0.1) is 12.3 Å². The molecule has 0 aromatic heterocycles. The number of aromatic hydroxyl groups is 1. The van der Waals surface area contributed by atoms with E-state index in [1.165, 1.54) is 27.8 Å². The summed E-state index contributed by atoms with van der Waals surface area (Å²) < 4.78 is 21.6. The first-order valence-electron chi connectivity index (χ1n) is 19.6. The number of piperidine rings is 2. The van der Waals surface area contributed by atoms with E-state index in [1.807, 2.05) is 12.1 Å². The van der Waals surface area contributed by atoms with Gasteiger partial charge < -0.3 is 24.5 Å². The first-order chi connectivity index (χ1) is 26.8. The van der Waals surface area contributed by atoms with Crippen molar-refractivity contribution in [1.82, 2.24) is 15.1 Å². The molecule has 10 nitrogen and oxygen atoms in total. The molecule has 284 valence electrons. The van der Waals surface area contributed by atoms with Gasteiger partial charge in [0.15, 0.2) is 0 Å². The first kappa shape index (κ1) is 35.3. The van der Waals surface area contributed by atoms with Gasteiger partial charge in [-0.25, -0.2) is 4.39 Å². The van der Waals surface area contributed by atoms with Gasteiger partial charge in [0, 0.05) is 93.5 Å². The van der Waals surface area contributed by atoms with E-state index in [2.05, 4.69) is 68.5 Å². The summed E-state index contributed by atoms with van der Waals surface area (Å²) in [7, 11) is 0. The van der Waals surface area contributed by atoms with E-state index in [0.29, 0.717) is 36.9 Å². The molecule has 4 aromatic carbocycles. The van der Waals surface area contributed by atoms with E-state index in [4.69, 9.17) is 4.74 Å². The van der Waals surface area contributed by atoms with Gasteiger partial charge in [-0.2, -0.15) is 0 Å². The number of halogens is 1. The molecule has 2 N–H and O–H groups in total. The third-order valence-electron chi connectivity index (χ3n) is 12.4. The number of amides is 3. The molecule has 0 spiro atoms. The monoisotopic (exact) mass is 743 g/mol. The standard InChI is InChI=1S/C44H46FN5O5/c45-37-24-35-31(26-50(44(35)54)38-12-13-41(52)46-43(38)53)22-39(37)49-20-18-47(19-21-49)25-28-14-16-48(17-15-28)32-8-6-30(7-9-32)42-34-11-10-33(51)23-40(34)55-27-36(42)29-4-2-1-3-5-29/h1-11,22-24,28,36,38,42,51H,12-21,25-27H2,(H,46,52,53)/t36?,38?,42-/m1/s1. The molecule has 11 heteroatoms. The zero-order chi connectivity index (χ0) is 37.6. The van der Waals surface area contributed by atoms with Crippen LogP contribution in [0.4, 0.5) is 15.8 Å². The molecule has 5 heterocycles. The lowest BCUT2D eigenvalue weighted by atomic mass is 9.76. The van der Waals surface area contributed by atoms with E-state index < -0.39 is 17.8 Å². The number of ether oxygens (including phenoxy) is 1. The van der Waals surface area contributed by atoms with Crippen molar-refractivity contribution in [3.8, 4) is 11.5 Å². The quantitative estimate of drug-likeness (QED) is 0.235. The number of nitrogens with one attached hydrogen (secondary N) is 1. The van der Waals surface area contributed by atoms with Crippen LogP contribution in [-0.4, -0.2) is 91.1 Å². The molecule has 5 aliphatic heterocycles. The number of nitrogens with zero attached hydrogens (tertiary/aromatic N) is 4. The number of fused-ring (bicyclic) bond motifs is 2. The van der Waals surface area contributed by atoms with Crippen molar-refractivity contribution in [2.24, 2.45) is 5.92 Å². The molecule has 9 rings (SSSR count). The van der Waals surface area contributed by atoms with Gasteiger partial charge in [0.1, 0.15) is 23.4 Å². The predicted molar refractivity (Wildman–Crippen MR) is 207 cm³/mol. The van der Waals surface area contributed by atoms with Crippen molar-refractivity contribution < 1.29 is 28.6 Å². The normalized spacial score (nSPS) is 23.3. The van der Waals surface area contributed by atoms with Crippen LogP contribution in [0.2, 0.25) is 0 Å². The minimum atomic E-state index is -0.716. The van der Waals surface area contributed by atoms with E-state index in [1.54, 1.807) is 18.2 Å². The summed E-state index contributed by atoms with van der Waals surface area (Å²) in [5, 5.41) is 12.5. The number of rotatable bonds is 7. The zero-order valence-corrected chi connectivity index (χ0v) is 30.8. The number of phenols is 1. The van der Waals surface area contributed by atoms with E-state index in [9.17, 15) is 19.5 Å². The Hall–Kier alpha value is -5.42. The number of carbonyl (C=O) groups is 3. The minimum absolute atomic E-state index is 0.116. The van der Waals surface area contributed by atoms with Gasteiger partial charge >= 0.3 is 0 Å². The number of imide groups is 1. The number of benzene rings is 4. The molecule has 4 aromatic rings. The molecule has 3 amide bonds. The fourth-order valence-corrected chi connectivity index (χ4v) is 9.42. The van der Waals surface area contributed by atoms with Crippen LogP contribution < -0.4 is 19.9 Å². The van der Waals surface area contributed by atoms with Crippen molar-refractivity contribution in [1.29, 1.82) is 0 Å². The first-order valence-corrected chi connectivity index (χ1v) is 19.6. The Morgan fingerprint density at radius 2 is 1.56 bits per heavy atom. The number of carbonyl (C=O) groups excluding carboxylic acids is 3. The molecule has 0 bridgehead atoms. The number of hydrogen-bond acceptors (Lipinski definition) is 8. The second-order valence-electron chi connectivity index (χ2n) is 15.7. The highest BCUT2D eigenvalue weighted by Gasteiger charge is 2.40. The second kappa shape index (κ2) is 14.7. The minimum Gasteiger partial charge on any atom is -0.508 e. The van der Waals surface area contributed by atoms with Gasteiger partial charge in [-0.1, -0.05) is 48.5 Å². The van der Waals surface area contributed by atoms with Crippen molar-refractivity contribution in [2.45, 2.75) is 50.1 Å². The Balaban J connectivity index is 0.790. The van der Waals surface area contributed by atoms with Gasteiger partial charge in [0.25, 0.3) is 5.91 Å². The molecule has 3 saturated heterocycles. The average Bonchev–Trinajstić information content (AvgIpc) is 3.52. The SMILES string of the molecule is O=C1CCC(N2Cc3cc(N4CCN(CC5CCN(c6ccc([C@@H]7c8ccc(O)cc8OCC7c7ccccc7)cc6)CC5)CC4)c(F)cc3C2=O)C(=O)N1. The molecule has 2 unspecified atom stereocenters. The van der Waals surface area contributed by atoms with Crippen LogP contribution in [0.25, 0.3) is 0 Å². The van der Waals surface area contributed by atoms with E-state index in [-0.39, 0.29) is 48.8 Å². The van der Waals surface area contributed by atoms with Crippen molar-refractivity contribution in [2.75, 3.05) is 62.2 Å². The molecular weight excluding hydrogens is 698 g/mol. The van der Waals surface area contributed by atoms with Crippen LogP contribution in [0.3, 0.4) is 0 Å². The Morgan fingerprint density at radius 3 is 2.31 bits per heavy atom. The summed E-state index contributed by atoms with van der Waals surface area (Å²) in [6, 6.07) is 27.4. The fourth-order valence-electron chi connectivity index (χ4n) is 9.42. The molecule has 3 atom stereocenters. The third kappa shape index (κ3) is 6.90. The topological polar surface area (TPSA) is 106 Å². The van der Waals surface area contributed by atoms with Crippen molar-refractivity contribution >= 4 is 29.1 Å². The van der Waals surface area contributed by atoms with E-state index in [0.717, 1.165) is 62.4 Å². The molecule has 0 radical (unpaired) electrons. The highest BCUT2D eigenvalue weighted by molar-refractivity contribution is 6.05. The van der Waals surface area contributed by atoms with Crippen LogP contribution in [0.15, 0.2) is 84.9 Å². The van der Waals surface area contributed by atoms with Crippen LogP contribution in [0.1, 0.15) is 70.1 Å². The van der Waals surface area contributed by atoms with Gasteiger partial charge in [-0.05, 0) is 72.2 Å². The lowest BCUT2D eigenvalue weighted by molar-refractivity contribution is -0.136. The molecular formula is C44H46FN5O5. The summed E-state index contributed by atoms with van der Waals surface area (Å²) >= 11 is 0. The summed E-state index contributed by atoms with van der Waals surface area (Å²) in [5.41, 5.74) is 6.35. The Kier molecular flexibility index (Phi) is 9.41. The summed E-state index contributed by atoms with van der Waals surface area (Å²) in [6.07, 6.45) is 2.70. The van der Waals surface area contributed by atoms with E-state index >= 15 is 4.39 Å². The Bertz CT molecular complexity index is 2100. The molecule has 3 fully saturated rings. The highest BCUT2D eigenvalue weighted by atomic mass is 19.1. The predicted octanol–water partition coefficient (Wildman–Crippen LogP) is 5.64. The maximum Gasteiger partial charge on any atom is 0.255 e. The third-order valence-corrected chi connectivity index (χ3v) is 12.4. The number of piperazine rings is 1. The van der Waals surface area contributed by atoms with Crippen molar-refractivity contribution in [3.63, 3.8) is 0 Å². The Labute approximate surface area is 320 Å². The summed E-state index contributed by atoms with van der Waals surface area (Å²) in [4.78, 5) is 45.7. The Morgan fingerprint density at radius 1 is 0.800 bits per heavy atom. The molecule has 0 saturated carbocycles. The lowest BCUT2D eigenvalue weighted by Crippen LogP contribution is -2.52. The summed E-state index contributed by atoms with van der Waals surface area (Å²) in [5.74, 6) is 0.274. The van der Waals surface area contributed by atoms with Crippen LogP contribution in [0, 0.1) is 11.7 Å². The lowest BCUT2D eigenvalue weighted by Gasteiger charge is -2.40. The fraction of sp³-hybridized carbons (Fsp3) is 0.386. The average molecular weight is 744 g/mol. The van der Waals surface area contributed by atoms with Gasteiger partial charge in [0.2, 0.25) is 11.8 Å². The molecule has 0 aliphatic carbocycles.